The van der Waals surface area contributed by atoms with Crippen molar-refractivity contribution in [1.29, 1.82) is 0 Å². The second kappa shape index (κ2) is 9.29. The molecule has 4 rings (SSSR count). The summed E-state index contributed by atoms with van der Waals surface area (Å²) in [5, 5.41) is 21.3. The number of carbonyl (C=O) groups excluding carboxylic acids is 1. The molecule has 1 fully saturated rings. The number of nitrogens with zero attached hydrogens (tertiary/aromatic N) is 5. The first kappa shape index (κ1) is 21.0. The van der Waals surface area contributed by atoms with E-state index >= 15 is 0 Å². The normalized spacial score (nSPS) is 18.3. The molecule has 31 heavy (non-hydrogen) atoms. The van der Waals surface area contributed by atoms with Gasteiger partial charge in [-0.05, 0) is 47.2 Å². The van der Waals surface area contributed by atoms with Crippen LogP contribution in [0.3, 0.4) is 0 Å². The third-order valence-corrected chi connectivity index (χ3v) is 5.13. The SMILES string of the molecule is COc1cccc([C@H]2[C@H](Cn3nnc(CCOO)n3)OC(=O)N2c2ccc(Cl)cc2)c1. The van der Waals surface area contributed by atoms with Crippen LogP contribution in [0.1, 0.15) is 17.4 Å². The van der Waals surface area contributed by atoms with Crippen molar-refractivity contribution in [3.8, 4) is 5.75 Å². The molecule has 1 aliphatic rings. The third-order valence-electron chi connectivity index (χ3n) is 4.87. The van der Waals surface area contributed by atoms with Crippen molar-refractivity contribution in [2.24, 2.45) is 0 Å². The molecule has 11 heteroatoms. The highest BCUT2D eigenvalue weighted by molar-refractivity contribution is 6.30. The summed E-state index contributed by atoms with van der Waals surface area (Å²) < 4.78 is 11.1. The first-order valence-corrected chi connectivity index (χ1v) is 9.89. The smallest absolute Gasteiger partial charge is 0.415 e. The number of tetrazole rings is 1. The van der Waals surface area contributed by atoms with E-state index in [9.17, 15) is 4.79 Å². The molecule has 1 aromatic heterocycles. The van der Waals surface area contributed by atoms with Crippen LogP contribution in [0.4, 0.5) is 10.5 Å². The van der Waals surface area contributed by atoms with Crippen LogP contribution in [0, 0.1) is 0 Å². The number of methoxy groups -OCH3 is 1. The summed E-state index contributed by atoms with van der Waals surface area (Å²) in [4.78, 5) is 19.9. The van der Waals surface area contributed by atoms with Crippen molar-refractivity contribution >= 4 is 23.4 Å². The van der Waals surface area contributed by atoms with Crippen LogP contribution in [0.15, 0.2) is 48.5 Å². The minimum atomic E-state index is -0.591. The Labute approximate surface area is 182 Å². The number of hydrogen-bond donors (Lipinski definition) is 1. The number of hydrogen-bond acceptors (Lipinski definition) is 8. The zero-order valence-corrected chi connectivity index (χ0v) is 17.3. The standard InChI is InChI=1S/C20H20ClN5O5/c1-29-16-4-2-3-13(11-16)19-17(12-25-23-18(22-24-25)9-10-30-28)31-20(27)26(19)15-7-5-14(21)6-8-15/h2-8,11,17,19,28H,9-10,12H2,1H3/t17-,19-/m0/s1. The number of benzene rings is 2. The molecular formula is C20H20ClN5O5. The van der Waals surface area contributed by atoms with Crippen molar-refractivity contribution < 1.29 is 24.4 Å². The Bertz CT molecular complexity index is 1040. The Morgan fingerprint density at radius 2 is 2.03 bits per heavy atom. The Morgan fingerprint density at radius 3 is 2.77 bits per heavy atom. The molecule has 0 unspecified atom stereocenters. The van der Waals surface area contributed by atoms with Crippen LogP contribution < -0.4 is 9.64 Å². The van der Waals surface area contributed by atoms with E-state index in [1.165, 1.54) is 4.80 Å². The number of rotatable bonds is 8. The molecule has 1 amide bonds. The van der Waals surface area contributed by atoms with Gasteiger partial charge in [0.1, 0.15) is 24.4 Å². The number of carbonyl (C=O) groups is 1. The molecule has 2 aromatic carbocycles. The Morgan fingerprint density at radius 1 is 1.23 bits per heavy atom. The maximum atomic E-state index is 12.9. The van der Waals surface area contributed by atoms with E-state index in [-0.39, 0.29) is 13.2 Å². The van der Waals surface area contributed by atoms with Crippen LogP contribution in [0.2, 0.25) is 5.02 Å². The largest absolute Gasteiger partial charge is 0.497 e. The van der Waals surface area contributed by atoms with Gasteiger partial charge in [-0.15, -0.1) is 10.2 Å². The van der Waals surface area contributed by atoms with Gasteiger partial charge in [-0.1, -0.05) is 23.7 Å². The lowest BCUT2D eigenvalue weighted by Gasteiger charge is -2.25. The predicted octanol–water partition coefficient (Wildman–Crippen LogP) is 3.13. The maximum Gasteiger partial charge on any atom is 0.415 e. The van der Waals surface area contributed by atoms with Gasteiger partial charge < -0.3 is 9.47 Å². The van der Waals surface area contributed by atoms with Gasteiger partial charge in [0.2, 0.25) is 0 Å². The minimum Gasteiger partial charge on any atom is -0.497 e. The van der Waals surface area contributed by atoms with Crippen molar-refractivity contribution in [2.45, 2.75) is 25.1 Å². The molecule has 0 aliphatic carbocycles. The number of cyclic esters (lactones) is 1. The van der Waals surface area contributed by atoms with Crippen LogP contribution in [-0.4, -0.2) is 51.4 Å². The lowest BCUT2D eigenvalue weighted by Crippen LogP contribution is -2.31. The van der Waals surface area contributed by atoms with Gasteiger partial charge in [0.25, 0.3) is 0 Å². The van der Waals surface area contributed by atoms with Gasteiger partial charge in [-0.3, -0.25) is 10.2 Å². The number of halogens is 1. The molecule has 1 N–H and O–H groups in total. The highest BCUT2D eigenvalue weighted by Crippen LogP contribution is 2.39. The average Bonchev–Trinajstić information content (AvgIpc) is 3.36. The monoisotopic (exact) mass is 445 g/mol. The number of anilines is 1. The first-order chi connectivity index (χ1) is 15.1. The summed E-state index contributed by atoms with van der Waals surface area (Å²) in [7, 11) is 1.58. The summed E-state index contributed by atoms with van der Waals surface area (Å²) in [5.41, 5.74) is 1.48. The molecule has 162 valence electrons. The zero-order valence-electron chi connectivity index (χ0n) is 16.6. The number of amides is 1. The van der Waals surface area contributed by atoms with Gasteiger partial charge in [0, 0.05) is 17.1 Å². The minimum absolute atomic E-state index is 0.0564. The molecule has 1 saturated heterocycles. The van der Waals surface area contributed by atoms with E-state index in [1.807, 2.05) is 24.3 Å². The Hall–Kier alpha value is -3.21. The molecule has 2 heterocycles. The van der Waals surface area contributed by atoms with Crippen LogP contribution >= 0.6 is 11.6 Å². The molecule has 0 saturated carbocycles. The lowest BCUT2D eigenvalue weighted by atomic mass is 9.99. The Kier molecular flexibility index (Phi) is 6.31. The van der Waals surface area contributed by atoms with Gasteiger partial charge in [0.15, 0.2) is 5.82 Å². The quantitative estimate of drug-likeness (QED) is 0.415. The molecule has 1 aliphatic heterocycles. The van der Waals surface area contributed by atoms with Crippen molar-refractivity contribution in [3.63, 3.8) is 0 Å². The highest BCUT2D eigenvalue weighted by atomic mass is 35.5. The van der Waals surface area contributed by atoms with Gasteiger partial charge in [-0.2, -0.15) is 4.80 Å². The molecule has 10 nitrogen and oxygen atoms in total. The number of ether oxygens (including phenoxy) is 2. The first-order valence-electron chi connectivity index (χ1n) is 9.51. The van der Waals surface area contributed by atoms with E-state index in [0.717, 1.165) is 5.56 Å². The van der Waals surface area contributed by atoms with Crippen molar-refractivity contribution in [3.05, 3.63) is 64.9 Å². The molecule has 0 bridgehead atoms. The molecule has 0 spiro atoms. The van der Waals surface area contributed by atoms with Gasteiger partial charge >= 0.3 is 6.09 Å². The summed E-state index contributed by atoms with van der Waals surface area (Å²) in [5.74, 6) is 1.07. The van der Waals surface area contributed by atoms with Gasteiger partial charge in [0.05, 0.1) is 13.7 Å². The van der Waals surface area contributed by atoms with Crippen molar-refractivity contribution in [1.82, 2.24) is 20.2 Å². The van der Waals surface area contributed by atoms with Crippen LogP contribution in [-0.2, 0) is 22.6 Å². The summed E-state index contributed by atoms with van der Waals surface area (Å²) >= 11 is 6.02. The van der Waals surface area contributed by atoms with E-state index in [1.54, 1.807) is 36.3 Å². The predicted molar refractivity (Wildman–Crippen MR) is 110 cm³/mol. The van der Waals surface area contributed by atoms with Crippen molar-refractivity contribution in [2.75, 3.05) is 18.6 Å². The van der Waals surface area contributed by atoms with E-state index in [0.29, 0.717) is 28.7 Å². The Balaban J connectivity index is 1.67. The van der Waals surface area contributed by atoms with E-state index in [2.05, 4.69) is 20.3 Å². The summed E-state index contributed by atoms with van der Waals surface area (Å²) in [6, 6.07) is 14.0. The molecule has 3 aromatic rings. The molecular weight excluding hydrogens is 426 g/mol. The van der Waals surface area contributed by atoms with Crippen LogP contribution in [0.5, 0.6) is 5.75 Å². The van der Waals surface area contributed by atoms with Gasteiger partial charge in [-0.25, -0.2) is 9.68 Å². The summed E-state index contributed by atoms with van der Waals surface area (Å²) in [6.45, 7) is 0.242. The molecule has 2 atom stereocenters. The van der Waals surface area contributed by atoms with E-state index < -0.39 is 18.2 Å². The fourth-order valence-electron chi connectivity index (χ4n) is 3.48. The molecule has 0 radical (unpaired) electrons. The van der Waals surface area contributed by atoms with E-state index in [4.69, 9.17) is 26.3 Å². The maximum absolute atomic E-state index is 12.9. The fraction of sp³-hybridized carbons (Fsp3) is 0.300. The van der Waals surface area contributed by atoms with Crippen LogP contribution in [0.25, 0.3) is 0 Å². The zero-order chi connectivity index (χ0) is 21.8. The topological polar surface area (TPSA) is 112 Å². The summed E-state index contributed by atoms with van der Waals surface area (Å²) in [6.07, 6.45) is -0.780. The lowest BCUT2D eigenvalue weighted by molar-refractivity contribution is -0.241. The second-order valence-corrected chi connectivity index (χ2v) is 7.27. The highest BCUT2D eigenvalue weighted by Gasteiger charge is 2.44. The number of aromatic nitrogens is 4. The fourth-order valence-corrected chi connectivity index (χ4v) is 3.60. The second-order valence-electron chi connectivity index (χ2n) is 6.83. The third kappa shape index (κ3) is 4.61. The average molecular weight is 446 g/mol.